The van der Waals surface area contributed by atoms with Crippen molar-refractivity contribution in [3.8, 4) is 11.5 Å². The Morgan fingerprint density at radius 2 is 1.74 bits per heavy atom. The third-order valence-corrected chi connectivity index (χ3v) is 2.33. The van der Waals surface area contributed by atoms with Crippen molar-refractivity contribution >= 4 is 12.4 Å². The molecule has 1 atom stereocenters. The van der Waals surface area contributed by atoms with E-state index in [0.29, 0.717) is 6.07 Å². The fraction of sp³-hybridized carbons (Fsp3) is 0.400. The molecule has 19 heavy (non-hydrogen) atoms. The van der Waals surface area contributed by atoms with Gasteiger partial charge in [-0.15, -0.1) is 12.4 Å². The molecule has 0 aliphatic heterocycles. The number of rotatable bonds is 3. The van der Waals surface area contributed by atoms with Crippen LogP contribution in [-0.2, 0) is 0 Å². The Morgan fingerprint density at radius 1 is 1.21 bits per heavy atom. The highest BCUT2D eigenvalue weighted by Gasteiger charge is 2.61. The predicted octanol–water partition coefficient (Wildman–Crippen LogP) is 3.02. The maximum Gasteiger partial charge on any atom is 0.455 e. The molecule has 0 aromatic heterocycles. The van der Waals surface area contributed by atoms with E-state index in [1.165, 1.54) is 7.11 Å². The van der Waals surface area contributed by atoms with E-state index in [1.807, 2.05) is 0 Å². The van der Waals surface area contributed by atoms with Gasteiger partial charge in [-0.3, -0.25) is 0 Å². The van der Waals surface area contributed by atoms with Crippen LogP contribution in [0.15, 0.2) is 18.2 Å². The summed E-state index contributed by atoms with van der Waals surface area (Å²) in [5.74, 6) is -5.71. The van der Waals surface area contributed by atoms with Crippen molar-refractivity contribution in [2.45, 2.75) is 18.1 Å². The van der Waals surface area contributed by atoms with E-state index in [9.17, 15) is 27.1 Å². The van der Waals surface area contributed by atoms with E-state index in [0.717, 1.165) is 12.1 Å². The lowest BCUT2D eigenvalue weighted by molar-refractivity contribution is -0.291. The highest BCUT2D eigenvalue weighted by atomic mass is 35.5. The van der Waals surface area contributed by atoms with Gasteiger partial charge in [-0.05, 0) is 17.7 Å². The molecule has 0 heterocycles. The molecule has 3 N–H and O–H groups in total. The third-order valence-electron chi connectivity index (χ3n) is 2.33. The number of alkyl halides is 5. The van der Waals surface area contributed by atoms with Gasteiger partial charge in [0.2, 0.25) is 0 Å². The molecular formula is C10H11ClF5NO2. The van der Waals surface area contributed by atoms with Crippen LogP contribution in [0.2, 0.25) is 0 Å². The molecule has 0 aliphatic carbocycles. The van der Waals surface area contributed by atoms with Gasteiger partial charge in [0.1, 0.15) is 6.04 Å². The molecule has 1 rings (SSSR count). The lowest BCUT2D eigenvalue weighted by atomic mass is 10.0. The van der Waals surface area contributed by atoms with Crippen molar-refractivity contribution in [3.05, 3.63) is 23.8 Å². The molecule has 0 aliphatic rings. The monoisotopic (exact) mass is 307 g/mol. The summed E-state index contributed by atoms with van der Waals surface area (Å²) in [7, 11) is 1.21. The molecule has 0 saturated carbocycles. The summed E-state index contributed by atoms with van der Waals surface area (Å²) < 4.78 is 66.8. The lowest BCUT2D eigenvalue weighted by Crippen LogP contribution is -2.45. The number of ether oxygens (including phenoxy) is 1. The molecule has 110 valence electrons. The number of methoxy groups -OCH3 is 1. The first kappa shape index (κ1) is 17.7. The van der Waals surface area contributed by atoms with E-state index in [-0.39, 0.29) is 18.2 Å². The smallest absolute Gasteiger partial charge is 0.455 e. The topological polar surface area (TPSA) is 55.5 Å². The first-order chi connectivity index (χ1) is 8.11. The first-order valence-electron chi connectivity index (χ1n) is 4.68. The molecule has 9 heteroatoms. The molecule has 0 spiro atoms. The summed E-state index contributed by atoms with van der Waals surface area (Å²) in [6.45, 7) is 0. The first-order valence-corrected chi connectivity index (χ1v) is 4.68. The van der Waals surface area contributed by atoms with Gasteiger partial charge in [-0.25, -0.2) is 0 Å². The van der Waals surface area contributed by atoms with Crippen molar-refractivity contribution < 1.29 is 31.8 Å². The maximum atomic E-state index is 13.0. The van der Waals surface area contributed by atoms with E-state index in [2.05, 4.69) is 4.74 Å². The summed E-state index contributed by atoms with van der Waals surface area (Å²) in [5.41, 5.74) is 4.35. The number of halogens is 6. The highest BCUT2D eigenvalue weighted by molar-refractivity contribution is 5.85. The minimum absolute atomic E-state index is 0. The highest BCUT2D eigenvalue weighted by Crippen LogP contribution is 2.44. The second-order valence-electron chi connectivity index (χ2n) is 3.53. The number of phenolic OH excluding ortho intramolecular Hbond substituents is 1. The Kier molecular flexibility index (Phi) is 5.40. The van der Waals surface area contributed by atoms with Crippen molar-refractivity contribution in [1.82, 2.24) is 0 Å². The van der Waals surface area contributed by atoms with Crippen LogP contribution in [0.5, 0.6) is 11.5 Å². The fourth-order valence-electron chi connectivity index (χ4n) is 1.29. The quantitative estimate of drug-likeness (QED) is 0.844. The van der Waals surface area contributed by atoms with Crippen LogP contribution >= 0.6 is 12.4 Å². The van der Waals surface area contributed by atoms with Crippen LogP contribution in [0.1, 0.15) is 11.6 Å². The van der Waals surface area contributed by atoms with E-state index in [4.69, 9.17) is 5.73 Å². The van der Waals surface area contributed by atoms with Crippen molar-refractivity contribution in [1.29, 1.82) is 0 Å². The van der Waals surface area contributed by atoms with Crippen molar-refractivity contribution in [3.63, 3.8) is 0 Å². The molecule has 3 nitrogen and oxygen atoms in total. The number of nitrogens with two attached hydrogens (primary N) is 1. The SMILES string of the molecule is COc1ccc([C@H](N)C(F)(F)C(F)(F)F)cc1O.Cl. The molecule has 0 unspecified atom stereocenters. The molecule has 1 aromatic rings. The van der Waals surface area contributed by atoms with Gasteiger partial charge < -0.3 is 15.6 Å². The Hall–Kier alpha value is -1.28. The number of aromatic hydroxyl groups is 1. The zero-order chi connectivity index (χ0) is 14.1. The Morgan fingerprint density at radius 3 is 2.11 bits per heavy atom. The molecule has 0 radical (unpaired) electrons. The number of hydrogen-bond donors (Lipinski definition) is 2. The molecule has 0 fully saturated rings. The molecule has 0 bridgehead atoms. The summed E-state index contributed by atoms with van der Waals surface area (Å²) >= 11 is 0. The van der Waals surface area contributed by atoms with Crippen LogP contribution < -0.4 is 10.5 Å². The molecule has 0 amide bonds. The van der Waals surface area contributed by atoms with Gasteiger partial charge >= 0.3 is 12.1 Å². The van der Waals surface area contributed by atoms with E-state index < -0.39 is 29.5 Å². The van der Waals surface area contributed by atoms with E-state index in [1.54, 1.807) is 0 Å². The zero-order valence-electron chi connectivity index (χ0n) is 9.54. The molecule has 0 saturated heterocycles. The van der Waals surface area contributed by atoms with Crippen molar-refractivity contribution in [2.24, 2.45) is 5.73 Å². The number of phenols is 1. The van der Waals surface area contributed by atoms with E-state index >= 15 is 0 Å². The summed E-state index contributed by atoms with van der Waals surface area (Å²) in [4.78, 5) is 0. The fourth-order valence-corrected chi connectivity index (χ4v) is 1.29. The Bertz CT molecular complexity index is 438. The van der Waals surface area contributed by atoms with Gasteiger partial charge in [-0.1, -0.05) is 6.07 Å². The van der Waals surface area contributed by atoms with Gasteiger partial charge in [0.25, 0.3) is 0 Å². The van der Waals surface area contributed by atoms with Crippen LogP contribution in [0.25, 0.3) is 0 Å². The van der Waals surface area contributed by atoms with Gasteiger partial charge in [0, 0.05) is 0 Å². The summed E-state index contributed by atoms with van der Waals surface area (Å²) in [5, 5.41) is 9.30. The van der Waals surface area contributed by atoms with Crippen LogP contribution in [0.3, 0.4) is 0 Å². The lowest BCUT2D eigenvalue weighted by Gasteiger charge is -2.26. The Labute approximate surface area is 111 Å². The largest absolute Gasteiger partial charge is 0.504 e. The Balaban J connectivity index is 0.00000324. The summed E-state index contributed by atoms with van der Waals surface area (Å²) in [6, 6.07) is 0.0949. The number of benzene rings is 1. The average molecular weight is 308 g/mol. The summed E-state index contributed by atoms with van der Waals surface area (Å²) in [6.07, 6.45) is -5.76. The second kappa shape index (κ2) is 5.79. The minimum Gasteiger partial charge on any atom is -0.504 e. The van der Waals surface area contributed by atoms with Crippen LogP contribution in [0.4, 0.5) is 22.0 Å². The standard InChI is InChI=1S/C10H10F5NO2.ClH/c1-18-7-3-2-5(4-6(7)17)8(16)9(11,12)10(13,14)15;/h2-4,8,17H,16H2,1H3;1H/t8-;/m0./s1. The van der Waals surface area contributed by atoms with Crippen LogP contribution in [-0.4, -0.2) is 24.3 Å². The average Bonchev–Trinajstić information content (AvgIpc) is 2.26. The second-order valence-corrected chi connectivity index (χ2v) is 3.53. The molecular weight excluding hydrogens is 297 g/mol. The van der Waals surface area contributed by atoms with Crippen molar-refractivity contribution in [2.75, 3.05) is 7.11 Å². The van der Waals surface area contributed by atoms with Gasteiger partial charge in [0.05, 0.1) is 7.11 Å². The van der Waals surface area contributed by atoms with Crippen LogP contribution in [0, 0.1) is 0 Å². The normalized spacial score (nSPS) is 13.6. The van der Waals surface area contributed by atoms with Gasteiger partial charge in [0.15, 0.2) is 11.5 Å². The minimum atomic E-state index is -5.76. The maximum absolute atomic E-state index is 13.0. The molecule has 1 aromatic carbocycles. The third kappa shape index (κ3) is 3.38. The predicted molar refractivity (Wildman–Crippen MR) is 59.8 cm³/mol. The van der Waals surface area contributed by atoms with Gasteiger partial charge in [-0.2, -0.15) is 22.0 Å². The number of hydrogen-bond acceptors (Lipinski definition) is 3. The zero-order valence-corrected chi connectivity index (χ0v) is 10.4.